The second kappa shape index (κ2) is 5.19. The van der Waals surface area contributed by atoms with Gasteiger partial charge in [0.15, 0.2) is 0 Å². The molecule has 0 saturated carbocycles. The largest absolute Gasteiger partial charge is 0.396 e. The van der Waals surface area contributed by atoms with Crippen LogP contribution in [0.15, 0.2) is 0 Å². The van der Waals surface area contributed by atoms with Gasteiger partial charge in [0, 0.05) is 23.7 Å². The van der Waals surface area contributed by atoms with Crippen molar-refractivity contribution in [2.24, 2.45) is 5.73 Å². The van der Waals surface area contributed by atoms with Gasteiger partial charge in [0.1, 0.15) is 5.52 Å². The van der Waals surface area contributed by atoms with E-state index in [9.17, 15) is 4.79 Å². The molecule has 6 nitrogen and oxygen atoms in total. The second-order valence-electron chi connectivity index (χ2n) is 4.84. The van der Waals surface area contributed by atoms with Crippen LogP contribution in [0.25, 0.3) is 10.2 Å². The monoisotopic (exact) mass is 309 g/mol. The van der Waals surface area contributed by atoms with Crippen LogP contribution in [0.1, 0.15) is 16.1 Å². The Morgan fingerprint density at radius 1 is 1.50 bits per heavy atom. The third kappa shape index (κ3) is 2.34. The average Bonchev–Trinajstić information content (AvgIpc) is 2.76. The van der Waals surface area contributed by atoms with Crippen molar-refractivity contribution in [2.75, 3.05) is 19.3 Å². The maximum Gasteiger partial charge on any atom is 0.276 e. The number of carbonyl (C=O) groups is 1. The molecule has 1 amide bonds. The Kier molecular flexibility index (Phi) is 3.53. The Morgan fingerprint density at radius 3 is 3.05 bits per heavy atom. The smallest absolute Gasteiger partial charge is 0.276 e. The molecule has 0 radical (unpaired) electrons. The van der Waals surface area contributed by atoms with E-state index >= 15 is 0 Å². The Balaban J connectivity index is 2.03. The van der Waals surface area contributed by atoms with Crippen molar-refractivity contribution in [3.63, 3.8) is 0 Å². The van der Waals surface area contributed by atoms with E-state index in [4.69, 9.17) is 11.5 Å². The number of anilines is 1. The first kappa shape index (κ1) is 13.6. The van der Waals surface area contributed by atoms with Crippen LogP contribution in [-0.2, 0) is 18.7 Å². The molecule has 3 heterocycles. The van der Waals surface area contributed by atoms with E-state index in [0.717, 1.165) is 41.5 Å². The van der Waals surface area contributed by atoms with Crippen LogP contribution in [0.2, 0.25) is 0 Å². The second-order valence-corrected chi connectivity index (χ2v) is 6.92. The lowest BCUT2D eigenvalue weighted by molar-refractivity contribution is 0.267. The number of fused-ring (bicyclic) bond motifs is 3. The molecular weight excluding hydrogens is 294 g/mol. The highest BCUT2D eigenvalue weighted by Gasteiger charge is 2.22. The van der Waals surface area contributed by atoms with Crippen LogP contribution < -0.4 is 11.5 Å². The Hall–Kier alpha value is -1.38. The number of thiophene rings is 1. The summed E-state index contributed by atoms with van der Waals surface area (Å²) in [6.07, 6.45) is 0.981. The number of rotatable bonds is 2. The Bertz CT molecular complexity index is 684. The molecule has 20 heavy (non-hydrogen) atoms. The van der Waals surface area contributed by atoms with Gasteiger partial charge in [-0.25, -0.2) is 0 Å². The number of nitrogens with zero attached hydrogens (tertiary/aromatic N) is 3. The highest BCUT2D eigenvalue weighted by molar-refractivity contribution is 8.12. The quantitative estimate of drug-likeness (QED) is 0.874. The molecule has 0 atom stereocenters. The predicted octanol–water partition coefficient (Wildman–Crippen LogP) is 1.57. The molecule has 0 aromatic carbocycles. The summed E-state index contributed by atoms with van der Waals surface area (Å²) in [6.45, 7) is 1.96. The van der Waals surface area contributed by atoms with E-state index in [2.05, 4.69) is 22.1 Å². The number of hydrogen-bond donors (Lipinski definition) is 2. The van der Waals surface area contributed by atoms with Crippen molar-refractivity contribution >= 4 is 44.2 Å². The molecule has 0 aliphatic carbocycles. The van der Waals surface area contributed by atoms with Crippen molar-refractivity contribution in [1.82, 2.24) is 15.1 Å². The number of hydrogen-bond acceptors (Lipinski definition) is 7. The van der Waals surface area contributed by atoms with E-state index in [1.165, 1.54) is 10.4 Å². The predicted molar refractivity (Wildman–Crippen MR) is 82.7 cm³/mol. The van der Waals surface area contributed by atoms with Gasteiger partial charge < -0.3 is 16.4 Å². The molecule has 106 valence electrons. The fourth-order valence-corrected chi connectivity index (χ4v) is 4.18. The van der Waals surface area contributed by atoms with E-state index in [1.807, 2.05) is 0 Å². The van der Waals surface area contributed by atoms with E-state index < -0.39 is 5.24 Å². The third-order valence-electron chi connectivity index (χ3n) is 3.40. The first-order valence-corrected chi connectivity index (χ1v) is 8.02. The summed E-state index contributed by atoms with van der Waals surface area (Å²) in [4.78, 5) is 14.4. The van der Waals surface area contributed by atoms with Gasteiger partial charge in [-0.05, 0) is 19.0 Å². The van der Waals surface area contributed by atoms with Crippen molar-refractivity contribution in [1.29, 1.82) is 0 Å². The number of thioether (sulfide) groups is 1. The summed E-state index contributed by atoms with van der Waals surface area (Å²) >= 11 is 2.68. The standard InChI is InChI=1S/C12H15N5OS2/c1-17-3-2-6-8(4-17)20-11-9(13)7(5-19-12(14)18)15-16-10(6)11/h2-5H2,1H3,(H2,13,16)(H2,14,18). The van der Waals surface area contributed by atoms with E-state index in [-0.39, 0.29) is 0 Å². The molecule has 0 bridgehead atoms. The molecule has 0 saturated heterocycles. The van der Waals surface area contributed by atoms with Crippen LogP contribution >= 0.6 is 23.1 Å². The zero-order valence-corrected chi connectivity index (χ0v) is 12.7. The van der Waals surface area contributed by atoms with Gasteiger partial charge in [0.05, 0.1) is 16.1 Å². The minimum Gasteiger partial charge on any atom is -0.396 e. The minimum atomic E-state index is -0.432. The highest BCUT2D eigenvalue weighted by Crippen LogP contribution is 2.37. The number of amides is 1. The minimum absolute atomic E-state index is 0.368. The van der Waals surface area contributed by atoms with E-state index in [1.54, 1.807) is 11.3 Å². The number of nitrogens with two attached hydrogens (primary N) is 2. The van der Waals surface area contributed by atoms with Crippen molar-refractivity contribution in [2.45, 2.75) is 18.7 Å². The van der Waals surface area contributed by atoms with Gasteiger partial charge in [-0.2, -0.15) is 5.10 Å². The van der Waals surface area contributed by atoms with Gasteiger partial charge in [0.25, 0.3) is 5.24 Å². The topological polar surface area (TPSA) is 98.1 Å². The molecule has 4 N–H and O–H groups in total. The highest BCUT2D eigenvalue weighted by atomic mass is 32.2. The summed E-state index contributed by atoms with van der Waals surface area (Å²) in [6, 6.07) is 0. The maximum atomic E-state index is 10.8. The molecule has 0 fully saturated rings. The molecule has 0 spiro atoms. The summed E-state index contributed by atoms with van der Waals surface area (Å²) < 4.78 is 0.986. The van der Waals surface area contributed by atoms with Gasteiger partial charge in [-0.1, -0.05) is 11.8 Å². The van der Waals surface area contributed by atoms with Gasteiger partial charge in [0.2, 0.25) is 0 Å². The molecule has 3 rings (SSSR count). The summed E-state index contributed by atoms with van der Waals surface area (Å²) in [7, 11) is 2.11. The van der Waals surface area contributed by atoms with Gasteiger partial charge >= 0.3 is 0 Å². The number of aromatic nitrogens is 2. The third-order valence-corrected chi connectivity index (χ3v) is 5.34. The number of likely N-dealkylation sites (N-methyl/N-ethyl adjacent to an activating group) is 1. The van der Waals surface area contributed by atoms with Gasteiger partial charge in [-0.15, -0.1) is 16.4 Å². The molecule has 2 aromatic heterocycles. The van der Waals surface area contributed by atoms with Crippen LogP contribution in [0.5, 0.6) is 0 Å². The van der Waals surface area contributed by atoms with Gasteiger partial charge in [-0.3, -0.25) is 4.79 Å². The normalized spacial score (nSPS) is 15.4. The fourth-order valence-electron chi connectivity index (χ4n) is 2.34. The van der Waals surface area contributed by atoms with Crippen molar-refractivity contribution < 1.29 is 4.79 Å². The zero-order valence-electron chi connectivity index (χ0n) is 11.0. The summed E-state index contributed by atoms with van der Waals surface area (Å²) in [5.74, 6) is 0.368. The number of carbonyl (C=O) groups excluding carboxylic acids is 1. The summed E-state index contributed by atoms with van der Waals surface area (Å²) in [5.41, 5.74) is 14.8. The Labute approximate surface area is 124 Å². The zero-order chi connectivity index (χ0) is 14.3. The van der Waals surface area contributed by atoms with Crippen LogP contribution in [-0.4, -0.2) is 33.9 Å². The molecule has 1 aliphatic rings. The first-order chi connectivity index (χ1) is 9.56. The van der Waals surface area contributed by atoms with E-state index in [0.29, 0.717) is 17.1 Å². The first-order valence-electron chi connectivity index (χ1n) is 6.22. The van der Waals surface area contributed by atoms with Crippen molar-refractivity contribution in [3.05, 3.63) is 16.1 Å². The lowest BCUT2D eigenvalue weighted by Crippen LogP contribution is -2.25. The maximum absolute atomic E-state index is 10.8. The Morgan fingerprint density at radius 2 is 2.30 bits per heavy atom. The summed E-state index contributed by atoms with van der Waals surface area (Å²) in [5, 5.41) is 8.05. The average molecular weight is 309 g/mol. The molecule has 0 unspecified atom stereocenters. The number of nitrogen functional groups attached to an aromatic ring is 1. The lowest BCUT2D eigenvalue weighted by Gasteiger charge is -2.21. The van der Waals surface area contributed by atoms with Crippen molar-refractivity contribution in [3.8, 4) is 0 Å². The number of primary amides is 1. The lowest BCUT2D eigenvalue weighted by atomic mass is 10.1. The van der Waals surface area contributed by atoms with Crippen LogP contribution in [0, 0.1) is 0 Å². The van der Waals surface area contributed by atoms with Crippen LogP contribution in [0.4, 0.5) is 10.5 Å². The SMILES string of the molecule is CN1CCc2c(sc3c(N)c(CSC(N)=O)nnc23)C1. The molecule has 8 heteroatoms. The molecular formula is C12H15N5OS2. The molecule has 2 aromatic rings. The van der Waals surface area contributed by atoms with Crippen LogP contribution in [0.3, 0.4) is 0 Å². The fraction of sp³-hybridized carbons (Fsp3) is 0.417. The molecule has 1 aliphatic heterocycles.